The highest BCUT2D eigenvalue weighted by molar-refractivity contribution is 6.02. The molecule has 0 saturated heterocycles. The molecule has 11 rings (SSSR count). The summed E-state index contributed by atoms with van der Waals surface area (Å²) in [5, 5.41) is 0. The molecule has 1 aliphatic carbocycles. The van der Waals surface area contributed by atoms with E-state index in [4.69, 9.17) is 14.7 Å². The molecule has 0 unspecified atom stereocenters. The summed E-state index contributed by atoms with van der Waals surface area (Å²) < 4.78 is 6.63. The molecule has 3 heterocycles. The lowest BCUT2D eigenvalue weighted by Crippen LogP contribution is -2.32. The summed E-state index contributed by atoms with van der Waals surface area (Å²) in [6, 6.07) is 66.2. The number of para-hydroxylation sites is 2. The summed E-state index contributed by atoms with van der Waals surface area (Å²) in [6.07, 6.45) is 3.81. The standard InChI is InChI=1S/C52H33N3O/c1-3-14-35(15-4-1)45-32-46(55-51(54-45)37-16-5-2-6-17-37)36-29-27-34(28-30-36)39-19-11-23-43-49(39)50-40(38-18-13-31-53-33-38)20-12-24-44(50)52(43)41-21-7-9-25-47(41)56-48-26-10-8-22-42(48)52/h1-33H. The van der Waals surface area contributed by atoms with Crippen LogP contribution in [0, 0.1) is 0 Å². The zero-order valence-corrected chi connectivity index (χ0v) is 30.3. The Balaban J connectivity index is 1.13. The van der Waals surface area contributed by atoms with Crippen molar-refractivity contribution in [3.8, 4) is 78.8 Å². The number of pyridine rings is 1. The van der Waals surface area contributed by atoms with Gasteiger partial charge in [0.05, 0.1) is 16.8 Å². The Morgan fingerprint density at radius 3 is 1.45 bits per heavy atom. The molecule has 0 saturated carbocycles. The molecule has 0 radical (unpaired) electrons. The molecule has 2 aromatic heterocycles. The van der Waals surface area contributed by atoms with Gasteiger partial charge in [-0.05, 0) is 63.2 Å². The summed E-state index contributed by atoms with van der Waals surface area (Å²) in [5.74, 6) is 2.45. The van der Waals surface area contributed by atoms with Crippen molar-refractivity contribution in [2.45, 2.75) is 5.41 Å². The summed E-state index contributed by atoms with van der Waals surface area (Å²) in [4.78, 5) is 14.7. The number of nitrogens with zero attached hydrogens (tertiary/aromatic N) is 3. The predicted molar refractivity (Wildman–Crippen MR) is 224 cm³/mol. The highest BCUT2D eigenvalue weighted by Crippen LogP contribution is 2.64. The highest BCUT2D eigenvalue weighted by Gasteiger charge is 2.52. The maximum atomic E-state index is 6.63. The molecule has 4 nitrogen and oxygen atoms in total. The molecule has 2 aliphatic rings. The number of benzene rings is 7. The quantitative estimate of drug-likeness (QED) is 0.178. The van der Waals surface area contributed by atoms with Crippen molar-refractivity contribution in [3.63, 3.8) is 0 Å². The van der Waals surface area contributed by atoms with E-state index in [1.807, 2.05) is 54.9 Å². The van der Waals surface area contributed by atoms with Gasteiger partial charge in [0.2, 0.25) is 0 Å². The van der Waals surface area contributed by atoms with Crippen molar-refractivity contribution in [3.05, 3.63) is 223 Å². The Hall–Kier alpha value is -7.43. The zero-order valence-electron chi connectivity index (χ0n) is 30.3. The van der Waals surface area contributed by atoms with E-state index in [1.54, 1.807) is 0 Å². The average Bonchev–Trinajstić information content (AvgIpc) is 3.58. The fraction of sp³-hybridized carbons (Fsp3) is 0.0192. The van der Waals surface area contributed by atoms with Gasteiger partial charge in [-0.3, -0.25) is 4.98 Å². The van der Waals surface area contributed by atoms with Crippen LogP contribution in [0.4, 0.5) is 0 Å². The summed E-state index contributed by atoms with van der Waals surface area (Å²) in [7, 11) is 0. The second kappa shape index (κ2) is 12.9. The largest absolute Gasteiger partial charge is 0.457 e. The van der Waals surface area contributed by atoms with Crippen molar-refractivity contribution in [1.82, 2.24) is 15.0 Å². The third kappa shape index (κ3) is 4.89. The SMILES string of the molecule is c1ccc(-c2cc(-c3ccc(-c4cccc5c4-c4c(-c6cccnc6)cccc4C54c5ccccc5Oc5ccccc54)cc3)nc(-c3ccccc3)n2)cc1. The van der Waals surface area contributed by atoms with Gasteiger partial charge >= 0.3 is 0 Å². The molecule has 7 aromatic carbocycles. The van der Waals surface area contributed by atoms with Gasteiger partial charge < -0.3 is 4.74 Å². The van der Waals surface area contributed by atoms with Crippen LogP contribution in [0.3, 0.4) is 0 Å². The molecule has 262 valence electrons. The lowest BCUT2D eigenvalue weighted by Gasteiger charge is -2.39. The number of hydrogen-bond donors (Lipinski definition) is 0. The van der Waals surface area contributed by atoms with E-state index in [-0.39, 0.29) is 0 Å². The Morgan fingerprint density at radius 1 is 0.375 bits per heavy atom. The van der Waals surface area contributed by atoms with Crippen LogP contribution in [-0.4, -0.2) is 15.0 Å². The predicted octanol–water partition coefficient (Wildman–Crippen LogP) is 12.7. The molecule has 1 spiro atoms. The Bertz CT molecular complexity index is 2820. The Labute approximate surface area is 325 Å². The summed E-state index contributed by atoms with van der Waals surface area (Å²) in [5.41, 5.74) is 16.0. The van der Waals surface area contributed by atoms with Gasteiger partial charge in [0.25, 0.3) is 0 Å². The molecule has 0 bridgehead atoms. The van der Waals surface area contributed by atoms with Crippen LogP contribution in [0.5, 0.6) is 11.5 Å². The smallest absolute Gasteiger partial charge is 0.160 e. The van der Waals surface area contributed by atoms with Gasteiger partial charge in [-0.1, -0.05) is 164 Å². The van der Waals surface area contributed by atoms with Crippen molar-refractivity contribution >= 4 is 0 Å². The average molecular weight is 716 g/mol. The Morgan fingerprint density at radius 2 is 0.857 bits per heavy atom. The van der Waals surface area contributed by atoms with Crippen LogP contribution >= 0.6 is 0 Å². The molecule has 1 aliphatic heterocycles. The maximum Gasteiger partial charge on any atom is 0.160 e. The van der Waals surface area contributed by atoms with Crippen LogP contribution in [-0.2, 0) is 5.41 Å². The van der Waals surface area contributed by atoms with Crippen LogP contribution in [0.1, 0.15) is 22.3 Å². The van der Waals surface area contributed by atoms with E-state index in [9.17, 15) is 0 Å². The number of ether oxygens (including phenoxy) is 1. The van der Waals surface area contributed by atoms with Gasteiger partial charge in [0, 0.05) is 45.8 Å². The monoisotopic (exact) mass is 715 g/mol. The van der Waals surface area contributed by atoms with E-state index in [0.717, 1.165) is 67.4 Å². The van der Waals surface area contributed by atoms with Crippen molar-refractivity contribution in [2.24, 2.45) is 0 Å². The van der Waals surface area contributed by atoms with Crippen molar-refractivity contribution in [1.29, 1.82) is 0 Å². The first kappa shape index (κ1) is 32.0. The molecule has 9 aromatic rings. The van der Waals surface area contributed by atoms with Crippen molar-refractivity contribution < 1.29 is 4.74 Å². The fourth-order valence-corrected chi connectivity index (χ4v) is 8.88. The molecular weight excluding hydrogens is 683 g/mol. The molecule has 0 atom stereocenters. The lowest BCUT2D eigenvalue weighted by molar-refractivity contribution is 0.436. The first-order chi connectivity index (χ1) is 27.8. The van der Waals surface area contributed by atoms with Crippen molar-refractivity contribution in [2.75, 3.05) is 0 Å². The van der Waals surface area contributed by atoms with Gasteiger partial charge in [0.1, 0.15) is 11.5 Å². The van der Waals surface area contributed by atoms with Crippen LogP contribution in [0.2, 0.25) is 0 Å². The fourth-order valence-electron chi connectivity index (χ4n) is 8.88. The summed E-state index contributed by atoms with van der Waals surface area (Å²) >= 11 is 0. The second-order valence-corrected chi connectivity index (χ2v) is 14.3. The van der Waals surface area contributed by atoms with E-state index in [2.05, 4.69) is 151 Å². The normalized spacial score (nSPS) is 12.9. The van der Waals surface area contributed by atoms with Crippen LogP contribution in [0.25, 0.3) is 67.3 Å². The van der Waals surface area contributed by atoms with Crippen LogP contribution < -0.4 is 4.74 Å². The van der Waals surface area contributed by atoms with Gasteiger partial charge in [-0.2, -0.15) is 0 Å². The number of fused-ring (bicyclic) bond motifs is 9. The molecule has 0 N–H and O–H groups in total. The minimum absolute atomic E-state index is 0.590. The molecule has 4 heteroatoms. The van der Waals surface area contributed by atoms with E-state index in [1.165, 1.54) is 27.8 Å². The number of hydrogen-bond acceptors (Lipinski definition) is 4. The van der Waals surface area contributed by atoms with Gasteiger partial charge in [0.15, 0.2) is 5.82 Å². The third-order valence-electron chi connectivity index (χ3n) is 11.3. The van der Waals surface area contributed by atoms with Crippen LogP contribution in [0.15, 0.2) is 200 Å². The molecular formula is C52H33N3O. The molecule has 0 fully saturated rings. The van der Waals surface area contributed by atoms with Gasteiger partial charge in [-0.15, -0.1) is 0 Å². The Kier molecular flexibility index (Phi) is 7.36. The number of rotatable bonds is 5. The topological polar surface area (TPSA) is 47.9 Å². The minimum Gasteiger partial charge on any atom is -0.457 e. The lowest BCUT2D eigenvalue weighted by atomic mass is 9.66. The second-order valence-electron chi connectivity index (χ2n) is 14.3. The minimum atomic E-state index is -0.590. The summed E-state index contributed by atoms with van der Waals surface area (Å²) in [6.45, 7) is 0. The van der Waals surface area contributed by atoms with E-state index < -0.39 is 5.41 Å². The molecule has 0 amide bonds. The maximum absolute atomic E-state index is 6.63. The number of aromatic nitrogens is 3. The highest BCUT2D eigenvalue weighted by atomic mass is 16.5. The zero-order chi connectivity index (χ0) is 37.1. The first-order valence-electron chi connectivity index (χ1n) is 18.9. The van der Waals surface area contributed by atoms with E-state index >= 15 is 0 Å². The first-order valence-corrected chi connectivity index (χ1v) is 18.9. The van der Waals surface area contributed by atoms with E-state index in [0.29, 0.717) is 5.82 Å². The molecule has 56 heavy (non-hydrogen) atoms. The third-order valence-corrected chi connectivity index (χ3v) is 11.3. The van der Waals surface area contributed by atoms with Gasteiger partial charge in [-0.25, -0.2) is 9.97 Å².